The minimum Gasteiger partial charge on any atom is -0.337 e. The third-order valence-electron chi connectivity index (χ3n) is 3.44. The Kier molecular flexibility index (Phi) is 4.87. The lowest BCUT2D eigenvalue weighted by atomic mass is 9.95. The van der Waals surface area contributed by atoms with Gasteiger partial charge in [-0.1, -0.05) is 19.3 Å². The van der Waals surface area contributed by atoms with Crippen LogP contribution in [0, 0.1) is 0 Å². The standard InChI is InChI=1S/C13H23N3/c1-2-6-13(7-3-1)15-8-4-5-10-16-11-9-14-12-16/h9,11-13,15H,1-8,10H2. The van der Waals surface area contributed by atoms with Crippen LogP contribution < -0.4 is 5.32 Å². The first-order valence-electron chi connectivity index (χ1n) is 6.64. The smallest absolute Gasteiger partial charge is 0.0945 e. The van der Waals surface area contributed by atoms with Crippen molar-refractivity contribution < 1.29 is 0 Å². The Bertz CT molecular complexity index is 263. The fourth-order valence-corrected chi connectivity index (χ4v) is 2.45. The summed E-state index contributed by atoms with van der Waals surface area (Å²) in [6, 6.07) is 0.807. The average Bonchev–Trinajstić information content (AvgIpc) is 2.83. The molecule has 2 rings (SSSR count). The lowest BCUT2D eigenvalue weighted by molar-refractivity contribution is 0.369. The van der Waals surface area contributed by atoms with E-state index in [-0.39, 0.29) is 0 Å². The summed E-state index contributed by atoms with van der Waals surface area (Å²) in [4.78, 5) is 4.04. The fraction of sp³-hybridized carbons (Fsp3) is 0.769. The van der Waals surface area contributed by atoms with Gasteiger partial charge in [0.2, 0.25) is 0 Å². The molecule has 3 nitrogen and oxygen atoms in total. The molecule has 0 atom stereocenters. The van der Waals surface area contributed by atoms with Crippen LogP contribution >= 0.6 is 0 Å². The van der Waals surface area contributed by atoms with E-state index in [1.807, 2.05) is 18.7 Å². The summed E-state index contributed by atoms with van der Waals surface area (Å²) in [6.45, 7) is 2.28. The molecule has 90 valence electrons. The summed E-state index contributed by atoms with van der Waals surface area (Å²) in [5.74, 6) is 0. The number of unbranched alkanes of at least 4 members (excludes halogenated alkanes) is 1. The largest absolute Gasteiger partial charge is 0.337 e. The van der Waals surface area contributed by atoms with Crippen LogP contribution in [0.1, 0.15) is 44.9 Å². The van der Waals surface area contributed by atoms with Crippen molar-refractivity contribution in [3.05, 3.63) is 18.7 Å². The van der Waals surface area contributed by atoms with Gasteiger partial charge in [-0.25, -0.2) is 4.98 Å². The molecular formula is C13H23N3. The topological polar surface area (TPSA) is 29.9 Å². The zero-order valence-corrected chi connectivity index (χ0v) is 10.1. The van der Waals surface area contributed by atoms with Gasteiger partial charge in [0, 0.05) is 25.0 Å². The number of hydrogen-bond acceptors (Lipinski definition) is 2. The highest BCUT2D eigenvalue weighted by molar-refractivity contribution is 4.74. The van der Waals surface area contributed by atoms with Crippen LogP contribution in [0.2, 0.25) is 0 Å². The molecule has 1 heterocycles. The van der Waals surface area contributed by atoms with Crippen LogP contribution in [0.3, 0.4) is 0 Å². The van der Waals surface area contributed by atoms with Gasteiger partial charge in [0.1, 0.15) is 0 Å². The number of hydrogen-bond donors (Lipinski definition) is 1. The van der Waals surface area contributed by atoms with E-state index in [1.165, 1.54) is 51.5 Å². The van der Waals surface area contributed by atoms with Crippen molar-refractivity contribution in [1.29, 1.82) is 0 Å². The molecule has 0 bridgehead atoms. The number of rotatable bonds is 6. The third kappa shape index (κ3) is 3.97. The molecule has 0 aromatic carbocycles. The van der Waals surface area contributed by atoms with Crippen molar-refractivity contribution in [2.24, 2.45) is 0 Å². The Morgan fingerprint density at radius 2 is 2.06 bits per heavy atom. The maximum Gasteiger partial charge on any atom is 0.0945 e. The summed E-state index contributed by atoms with van der Waals surface area (Å²) in [7, 11) is 0. The number of nitrogens with zero attached hydrogens (tertiary/aromatic N) is 2. The summed E-state index contributed by atoms with van der Waals surface area (Å²) in [5, 5.41) is 3.68. The van der Waals surface area contributed by atoms with E-state index in [4.69, 9.17) is 0 Å². The molecule has 0 radical (unpaired) electrons. The van der Waals surface area contributed by atoms with Gasteiger partial charge in [0.25, 0.3) is 0 Å². The van der Waals surface area contributed by atoms with E-state index in [0.29, 0.717) is 0 Å². The number of imidazole rings is 1. The van der Waals surface area contributed by atoms with Crippen LogP contribution in [-0.4, -0.2) is 22.1 Å². The Hall–Kier alpha value is -0.830. The molecule has 1 saturated carbocycles. The second-order valence-corrected chi connectivity index (χ2v) is 4.80. The lowest BCUT2D eigenvalue weighted by Gasteiger charge is -2.22. The molecule has 1 aromatic rings. The van der Waals surface area contributed by atoms with Crippen LogP contribution in [0.15, 0.2) is 18.7 Å². The first kappa shape index (κ1) is 11.6. The molecule has 1 aliphatic rings. The minimum atomic E-state index is 0.807. The van der Waals surface area contributed by atoms with Gasteiger partial charge in [-0.05, 0) is 32.2 Å². The third-order valence-corrected chi connectivity index (χ3v) is 3.44. The monoisotopic (exact) mass is 221 g/mol. The molecule has 0 amide bonds. The second-order valence-electron chi connectivity index (χ2n) is 4.80. The van der Waals surface area contributed by atoms with Crippen molar-refractivity contribution in [2.75, 3.05) is 6.54 Å². The molecule has 0 spiro atoms. The van der Waals surface area contributed by atoms with E-state index in [9.17, 15) is 0 Å². The zero-order valence-electron chi connectivity index (χ0n) is 10.1. The average molecular weight is 221 g/mol. The Balaban J connectivity index is 1.48. The van der Waals surface area contributed by atoms with Gasteiger partial charge < -0.3 is 9.88 Å². The first-order valence-corrected chi connectivity index (χ1v) is 6.64. The normalized spacial score (nSPS) is 17.8. The fourth-order valence-electron chi connectivity index (χ4n) is 2.45. The van der Waals surface area contributed by atoms with Crippen LogP contribution in [0.25, 0.3) is 0 Å². The summed E-state index contributed by atoms with van der Waals surface area (Å²) < 4.78 is 2.15. The highest BCUT2D eigenvalue weighted by atomic mass is 15.0. The first-order chi connectivity index (χ1) is 7.95. The van der Waals surface area contributed by atoms with Crippen molar-refractivity contribution in [2.45, 2.75) is 57.5 Å². The van der Waals surface area contributed by atoms with Crippen molar-refractivity contribution >= 4 is 0 Å². The van der Waals surface area contributed by atoms with Crippen LogP contribution in [-0.2, 0) is 6.54 Å². The Morgan fingerprint density at radius 1 is 1.19 bits per heavy atom. The molecule has 1 aromatic heterocycles. The van der Waals surface area contributed by atoms with Gasteiger partial charge in [-0.2, -0.15) is 0 Å². The quantitative estimate of drug-likeness (QED) is 0.748. The minimum absolute atomic E-state index is 0.807. The van der Waals surface area contributed by atoms with E-state index in [2.05, 4.69) is 14.9 Å². The summed E-state index contributed by atoms with van der Waals surface area (Å²) in [6.07, 6.45) is 15.4. The molecule has 1 aliphatic carbocycles. The molecule has 1 N–H and O–H groups in total. The number of aromatic nitrogens is 2. The highest BCUT2D eigenvalue weighted by Crippen LogP contribution is 2.17. The van der Waals surface area contributed by atoms with Crippen LogP contribution in [0.5, 0.6) is 0 Å². The van der Waals surface area contributed by atoms with E-state index >= 15 is 0 Å². The van der Waals surface area contributed by atoms with E-state index < -0.39 is 0 Å². The molecule has 16 heavy (non-hydrogen) atoms. The maximum atomic E-state index is 4.04. The summed E-state index contributed by atoms with van der Waals surface area (Å²) in [5.41, 5.74) is 0. The molecule has 0 aliphatic heterocycles. The predicted octanol–water partition coefficient (Wildman–Crippen LogP) is 2.59. The van der Waals surface area contributed by atoms with Gasteiger partial charge in [0.05, 0.1) is 6.33 Å². The van der Waals surface area contributed by atoms with E-state index in [0.717, 1.165) is 12.6 Å². The van der Waals surface area contributed by atoms with Crippen molar-refractivity contribution in [3.8, 4) is 0 Å². The maximum absolute atomic E-state index is 4.04. The Labute approximate surface area is 98.3 Å². The van der Waals surface area contributed by atoms with Gasteiger partial charge in [0.15, 0.2) is 0 Å². The van der Waals surface area contributed by atoms with Crippen molar-refractivity contribution in [3.63, 3.8) is 0 Å². The zero-order chi connectivity index (χ0) is 11.1. The lowest BCUT2D eigenvalue weighted by Crippen LogP contribution is -2.31. The van der Waals surface area contributed by atoms with Crippen LogP contribution in [0.4, 0.5) is 0 Å². The molecular weight excluding hydrogens is 198 g/mol. The van der Waals surface area contributed by atoms with Gasteiger partial charge in [-0.15, -0.1) is 0 Å². The van der Waals surface area contributed by atoms with Gasteiger partial charge in [-0.3, -0.25) is 0 Å². The molecule has 3 heteroatoms. The molecule has 1 fully saturated rings. The highest BCUT2D eigenvalue weighted by Gasteiger charge is 2.11. The number of aryl methyl sites for hydroxylation is 1. The summed E-state index contributed by atoms with van der Waals surface area (Å²) >= 11 is 0. The second kappa shape index (κ2) is 6.69. The molecule has 0 saturated heterocycles. The van der Waals surface area contributed by atoms with Gasteiger partial charge >= 0.3 is 0 Å². The van der Waals surface area contributed by atoms with Crippen molar-refractivity contribution in [1.82, 2.24) is 14.9 Å². The predicted molar refractivity (Wildman–Crippen MR) is 66.3 cm³/mol. The van der Waals surface area contributed by atoms with E-state index in [1.54, 1.807) is 0 Å². The molecule has 0 unspecified atom stereocenters. The number of nitrogens with one attached hydrogen (secondary N) is 1. The SMILES string of the molecule is c1cn(CCCCNC2CCCCC2)cn1. The Morgan fingerprint density at radius 3 is 2.81 bits per heavy atom.